The van der Waals surface area contributed by atoms with E-state index in [0.717, 1.165) is 61.8 Å². The average molecular weight is 735 g/mol. The number of rotatable bonds is 12. The maximum absolute atomic E-state index is 13.2. The minimum absolute atomic E-state index is 0.356. The molecule has 0 saturated carbocycles. The molecule has 2 aliphatic rings. The molecule has 2 amide bonds. The maximum atomic E-state index is 13.2. The highest BCUT2D eigenvalue weighted by Gasteiger charge is 2.29. The summed E-state index contributed by atoms with van der Waals surface area (Å²) in [6.07, 6.45) is 15.0. The Kier molecular flexibility index (Phi) is 14.4. The summed E-state index contributed by atoms with van der Waals surface area (Å²) in [6, 6.07) is 10.4. The van der Waals surface area contributed by atoms with E-state index in [0.29, 0.717) is 20.1 Å². The van der Waals surface area contributed by atoms with E-state index in [9.17, 15) is 4.79 Å². The van der Waals surface area contributed by atoms with Gasteiger partial charge in [-0.1, -0.05) is 111 Å². The zero-order chi connectivity index (χ0) is 34.7. The standard InChI is InChI=1S/C37H48Cl4N6O/c1-36(2,25-46-19-7-5-8-20-46)33(17-13-27-11-15-29(38)31(40)23-27)42-44-35(48)45-43-34(18-14-28-12-16-30(39)32(41)24-28)37(3,4)26-47-21-9-6-10-22-47/h11-18,23-24H,5-10,19-22,25-26H2,1-4H3,(H2,44,45,48)/b17-13+,18-14+,42-33+,43-34+. The molecule has 2 fully saturated rings. The fourth-order valence-electron chi connectivity index (χ4n) is 6.17. The molecule has 0 radical (unpaired) electrons. The van der Waals surface area contributed by atoms with Crippen LogP contribution in [-0.2, 0) is 0 Å². The molecule has 0 spiro atoms. The molecule has 2 aromatic carbocycles. The first-order valence-electron chi connectivity index (χ1n) is 16.8. The van der Waals surface area contributed by atoms with Gasteiger partial charge in [-0.3, -0.25) is 0 Å². The Morgan fingerprint density at radius 2 is 1.02 bits per heavy atom. The van der Waals surface area contributed by atoms with Gasteiger partial charge < -0.3 is 9.80 Å². The van der Waals surface area contributed by atoms with Gasteiger partial charge in [0.1, 0.15) is 0 Å². The van der Waals surface area contributed by atoms with Gasteiger partial charge in [0.15, 0.2) is 0 Å². The van der Waals surface area contributed by atoms with Gasteiger partial charge in [-0.2, -0.15) is 10.2 Å². The van der Waals surface area contributed by atoms with E-state index in [1.807, 2.05) is 48.6 Å². The van der Waals surface area contributed by atoms with Crippen molar-refractivity contribution in [3.8, 4) is 0 Å². The molecule has 4 rings (SSSR count). The van der Waals surface area contributed by atoms with Crippen LogP contribution < -0.4 is 10.9 Å². The summed E-state index contributed by atoms with van der Waals surface area (Å²) >= 11 is 24.8. The minimum Gasteiger partial charge on any atom is -0.302 e. The van der Waals surface area contributed by atoms with Crippen molar-refractivity contribution < 1.29 is 4.79 Å². The smallest absolute Gasteiger partial charge is 0.302 e. The predicted octanol–water partition coefficient (Wildman–Crippen LogP) is 10.1. The summed E-state index contributed by atoms with van der Waals surface area (Å²) in [5, 5.41) is 11.2. The lowest BCUT2D eigenvalue weighted by atomic mass is 9.85. The van der Waals surface area contributed by atoms with E-state index in [2.05, 4.69) is 58.5 Å². The van der Waals surface area contributed by atoms with Crippen LogP contribution in [0.4, 0.5) is 4.79 Å². The number of nitrogens with one attached hydrogen (secondary N) is 2. The molecule has 0 aromatic heterocycles. The molecule has 0 atom stereocenters. The predicted molar refractivity (Wildman–Crippen MR) is 206 cm³/mol. The third-order valence-corrected chi connectivity index (χ3v) is 10.3. The monoisotopic (exact) mass is 732 g/mol. The maximum Gasteiger partial charge on any atom is 0.355 e. The van der Waals surface area contributed by atoms with Gasteiger partial charge in [-0.05, 0) is 99.4 Å². The van der Waals surface area contributed by atoms with Crippen molar-refractivity contribution in [2.24, 2.45) is 21.0 Å². The summed E-state index contributed by atoms with van der Waals surface area (Å²) < 4.78 is 0. The van der Waals surface area contributed by atoms with Crippen molar-refractivity contribution in [2.45, 2.75) is 66.2 Å². The molecule has 11 heteroatoms. The molecule has 0 unspecified atom stereocenters. The number of piperidine rings is 2. The highest BCUT2D eigenvalue weighted by atomic mass is 35.5. The number of hydrazone groups is 2. The number of hydrogen-bond donors (Lipinski definition) is 2. The number of amides is 2. The van der Waals surface area contributed by atoms with Crippen molar-refractivity contribution in [1.29, 1.82) is 0 Å². The van der Waals surface area contributed by atoms with Gasteiger partial charge in [0, 0.05) is 23.9 Å². The molecule has 7 nitrogen and oxygen atoms in total. The Bertz CT molecular complexity index is 1410. The molecule has 2 heterocycles. The van der Waals surface area contributed by atoms with Gasteiger partial charge >= 0.3 is 6.03 Å². The highest BCUT2D eigenvalue weighted by molar-refractivity contribution is 6.42. The van der Waals surface area contributed by atoms with Crippen molar-refractivity contribution >= 4 is 76.0 Å². The average Bonchev–Trinajstić information content (AvgIpc) is 3.04. The van der Waals surface area contributed by atoms with Crippen LogP contribution in [-0.4, -0.2) is 66.5 Å². The summed E-state index contributed by atoms with van der Waals surface area (Å²) in [5.41, 5.74) is 7.92. The van der Waals surface area contributed by atoms with Crippen LogP contribution >= 0.6 is 46.4 Å². The number of halogens is 4. The van der Waals surface area contributed by atoms with E-state index < -0.39 is 6.03 Å². The molecule has 0 bridgehead atoms. The normalized spacial score (nSPS) is 17.8. The molecule has 260 valence electrons. The first-order valence-corrected chi connectivity index (χ1v) is 18.3. The lowest BCUT2D eigenvalue weighted by molar-refractivity contribution is 0.186. The van der Waals surface area contributed by atoms with E-state index >= 15 is 0 Å². The first kappa shape index (κ1) is 38.4. The van der Waals surface area contributed by atoms with Crippen LogP contribution in [0.15, 0.2) is 58.8 Å². The number of allylic oxidation sites excluding steroid dienone is 2. The highest BCUT2D eigenvalue weighted by Crippen LogP contribution is 2.28. The van der Waals surface area contributed by atoms with Crippen molar-refractivity contribution in [2.75, 3.05) is 39.3 Å². The van der Waals surface area contributed by atoms with Gasteiger partial charge in [0.05, 0.1) is 31.5 Å². The largest absolute Gasteiger partial charge is 0.355 e. The van der Waals surface area contributed by atoms with Crippen LogP contribution in [0.1, 0.15) is 77.3 Å². The fourth-order valence-corrected chi connectivity index (χ4v) is 6.79. The molecule has 2 saturated heterocycles. The summed E-state index contributed by atoms with van der Waals surface area (Å²) in [7, 11) is 0. The Morgan fingerprint density at radius 1 is 0.646 bits per heavy atom. The second-order valence-corrected chi connectivity index (χ2v) is 15.6. The first-order chi connectivity index (χ1) is 22.8. The number of benzene rings is 2. The molecular formula is C37H48Cl4N6O. The van der Waals surface area contributed by atoms with Gasteiger partial charge in [0.2, 0.25) is 0 Å². The van der Waals surface area contributed by atoms with Crippen LogP contribution in [0.2, 0.25) is 20.1 Å². The number of nitrogens with zero attached hydrogens (tertiary/aromatic N) is 4. The van der Waals surface area contributed by atoms with Gasteiger partial charge in [0.25, 0.3) is 0 Å². The third-order valence-electron chi connectivity index (χ3n) is 8.83. The van der Waals surface area contributed by atoms with Crippen molar-refractivity contribution in [1.82, 2.24) is 20.7 Å². The zero-order valence-electron chi connectivity index (χ0n) is 28.5. The van der Waals surface area contributed by atoms with E-state index in [1.165, 1.54) is 38.5 Å². The summed E-state index contributed by atoms with van der Waals surface area (Å²) in [6.45, 7) is 14.4. The van der Waals surface area contributed by atoms with Crippen molar-refractivity contribution in [3.63, 3.8) is 0 Å². The molecule has 0 aliphatic carbocycles. The fraction of sp³-hybridized carbons (Fsp3) is 0.486. The SMILES string of the molecule is CC(C)(CN1CCCCC1)C(/C=C/c1ccc(Cl)c(Cl)c1)=N/NC(=O)N/N=C(\C=C\c1ccc(Cl)c(Cl)c1)C(C)(C)CN1CCCCC1. The topological polar surface area (TPSA) is 72.3 Å². The third kappa shape index (κ3) is 11.9. The molecule has 2 aliphatic heterocycles. The van der Waals surface area contributed by atoms with Crippen LogP contribution in [0.25, 0.3) is 12.2 Å². The number of hydrogen-bond acceptors (Lipinski definition) is 5. The summed E-state index contributed by atoms with van der Waals surface area (Å²) in [4.78, 5) is 18.2. The summed E-state index contributed by atoms with van der Waals surface area (Å²) in [5.74, 6) is 0. The van der Waals surface area contributed by atoms with Gasteiger partial charge in [-0.25, -0.2) is 15.6 Å². The van der Waals surface area contributed by atoms with Crippen LogP contribution in [0.5, 0.6) is 0 Å². The molecule has 48 heavy (non-hydrogen) atoms. The molecule has 2 N–H and O–H groups in total. The minimum atomic E-state index is -0.529. The van der Waals surface area contributed by atoms with E-state index in [-0.39, 0.29) is 10.8 Å². The van der Waals surface area contributed by atoms with Crippen LogP contribution in [0.3, 0.4) is 0 Å². The lowest BCUT2D eigenvalue weighted by Gasteiger charge is -2.35. The Labute approximate surface area is 306 Å². The Hall–Kier alpha value is -2.39. The second-order valence-electron chi connectivity index (χ2n) is 14.0. The lowest BCUT2D eigenvalue weighted by Crippen LogP contribution is -2.43. The van der Waals surface area contributed by atoms with Gasteiger partial charge in [-0.15, -0.1) is 0 Å². The van der Waals surface area contributed by atoms with Crippen LogP contribution in [0, 0.1) is 10.8 Å². The number of carbonyl (C=O) groups excluding carboxylic acids is 1. The number of carbonyl (C=O) groups is 1. The quantitative estimate of drug-likeness (QED) is 0.169. The number of likely N-dealkylation sites (tertiary alicyclic amines) is 2. The van der Waals surface area contributed by atoms with Crippen molar-refractivity contribution in [3.05, 3.63) is 79.8 Å². The Morgan fingerprint density at radius 3 is 1.38 bits per heavy atom. The molecular weight excluding hydrogens is 686 g/mol. The van der Waals surface area contributed by atoms with E-state index in [4.69, 9.17) is 46.4 Å². The van der Waals surface area contributed by atoms with E-state index in [1.54, 1.807) is 12.1 Å². The zero-order valence-corrected chi connectivity index (χ0v) is 31.5. The molecule has 2 aromatic rings. The Balaban J connectivity index is 1.56. The number of urea groups is 1. The second kappa shape index (κ2) is 18.0.